The lowest BCUT2D eigenvalue weighted by Crippen LogP contribution is -2.47. The fraction of sp³-hybridized carbons (Fsp3) is 0.417. The van der Waals surface area contributed by atoms with Gasteiger partial charge in [0.25, 0.3) is 0 Å². The summed E-state index contributed by atoms with van der Waals surface area (Å²) in [5, 5.41) is 1.94. The number of nitrogens with zero attached hydrogens (tertiary/aromatic N) is 2. The van der Waals surface area contributed by atoms with Crippen molar-refractivity contribution in [2.24, 2.45) is 5.92 Å². The predicted molar refractivity (Wildman–Crippen MR) is 127 cm³/mol. The molecular formula is C24H27N3O4S2. The smallest absolute Gasteiger partial charge is 0.247 e. The second-order valence-corrected chi connectivity index (χ2v) is 12.1. The van der Waals surface area contributed by atoms with Crippen molar-refractivity contribution in [1.29, 1.82) is 0 Å². The van der Waals surface area contributed by atoms with Crippen molar-refractivity contribution in [3.63, 3.8) is 0 Å². The number of carbonyl (C=O) groups is 2. The quantitative estimate of drug-likeness (QED) is 0.675. The number of hydrogen-bond donors (Lipinski definition) is 1. The van der Waals surface area contributed by atoms with Crippen LogP contribution in [0.1, 0.15) is 30.9 Å². The number of piperidine rings is 1. The molecule has 2 amide bonds. The molecule has 1 unspecified atom stereocenters. The average Bonchev–Trinajstić information content (AvgIpc) is 2.83. The third-order valence-corrected chi connectivity index (χ3v) is 9.85. The number of rotatable bonds is 3. The zero-order chi connectivity index (χ0) is 23.2. The highest BCUT2D eigenvalue weighted by Gasteiger charge is 2.37. The van der Waals surface area contributed by atoms with Gasteiger partial charge in [0.05, 0.1) is 10.6 Å². The minimum Gasteiger partial charge on any atom is -0.341 e. The van der Waals surface area contributed by atoms with Crippen molar-refractivity contribution < 1.29 is 18.0 Å². The summed E-state index contributed by atoms with van der Waals surface area (Å²) < 4.78 is 28.1. The van der Waals surface area contributed by atoms with E-state index in [2.05, 4.69) is 12.2 Å². The maximum atomic E-state index is 13.3. The normalized spacial score (nSPS) is 21.8. The van der Waals surface area contributed by atoms with Gasteiger partial charge in [-0.3, -0.25) is 9.59 Å². The SMILES string of the molecule is CC1CCN(C(=O)C2Sc3ccc(S(=O)(=O)N4CCc5ccccc5C4)cc3NC2=O)CC1. The number of nitrogens with one attached hydrogen (secondary N) is 1. The third kappa shape index (κ3) is 4.29. The van der Waals surface area contributed by atoms with Gasteiger partial charge in [-0.25, -0.2) is 8.42 Å². The highest BCUT2D eigenvalue weighted by molar-refractivity contribution is 8.01. The molecule has 2 aromatic rings. The van der Waals surface area contributed by atoms with Gasteiger partial charge in [0.15, 0.2) is 5.25 Å². The van der Waals surface area contributed by atoms with Crippen LogP contribution in [0.5, 0.6) is 0 Å². The molecule has 0 radical (unpaired) electrons. The molecular weight excluding hydrogens is 458 g/mol. The standard InChI is InChI=1S/C24H27N3O4S2/c1-16-8-11-26(12-9-16)24(29)22-23(28)25-20-14-19(6-7-21(20)32-22)33(30,31)27-13-10-17-4-2-3-5-18(17)15-27/h2-7,14,16,22H,8-13,15H2,1H3,(H,25,28). The monoisotopic (exact) mass is 485 g/mol. The van der Waals surface area contributed by atoms with Crippen LogP contribution in [0.25, 0.3) is 0 Å². The first-order chi connectivity index (χ1) is 15.8. The van der Waals surface area contributed by atoms with Gasteiger partial charge in [-0.2, -0.15) is 4.31 Å². The summed E-state index contributed by atoms with van der Waals surface area (Å²) in [6.07, 6.45) is 2.57. The van der Waals surface area contributed by atoms with E-state index in [1.807, 2.05) is 24.3 Å². The van der Waals surface area contributed by atoms with E-state index >= 15 is 0 Å². The van der Waals surface area contributed by atoms with E-state index in [-0.39, 0.29) is 10.8 Å². The van der Waals surface area contributed by atoms with Crippen molar-refractivity contribution in [3.05, 3.63) is 53.6 Å². The molecule has 33 heavy (non-hydrogen) atoms. The van der Waals surface area contributed by atoms with Crippen molar-refractivity contribution in [2.75, 3.05) is 25.0 Å². The van der Waals surface area contributed by atoms with Gasteiger partial charge >= 0.3 is 0 Å². The molecule has 9 heteroatoms. The molecule has 0 aromatic heterocycles. The lowest BCUT2D eigenvalue weighted by Gasteiger charge is -2.34. The van der Waals surface area contributed by atoms with Gasteiger partial charge in [0.2, 0.25) is 21.8 Å². The van der Waals surface area contributed by atoms with Crippen LogP contribution in [0.3, 0.4) is 0 Å². The van der Waals surface area contributed by atoms with E-state index in [4.69, 9.17) is 0 Å². The summed E-state index contributed by atoms with van der Waals surface area (Å²) in [5.41, 5.74) is 2.64. The molecule has 1 fully saturated rings. The van der Waals surface area contributed by atoms with E-state index in [9.17, 15) is 18.0 Å². The van der Waals surface area contributed by atoms with Crippen LogP contribution in [0.15, 0.2) is 52.3 Å². The zero-order valence-electron chi connectivity index (χ0n) is 18.5. The molecule has 2 aromatic carbocycles. The third-order valence-electron chi connectivity index (χ3n) is 6.74. The summed E-state index contributed by atoms with van der Waals surface area (Å²) in [5.74, 6) is 0.0349. The van der Waals surface area contributed by atoms with Crippen molar-refractivity contribution in [3.8, 4) is 0 Å². The Labute approximate surface area is 198 Å². The van der Waals surface area contributed by atoms with Gasteiger partial charge in [-0.05, 0) is 54.5 Å². The molecule has 0 spiro atoms. The Bertz CT molecular complexity index is 1210. The Morgan fingerprint density at radius 3 is 2.55 bits per heavy atom. The van der Waals surface area contributed by atoms with Gasteiger partial charge < -0.3 is 10.2 Å². The Morgan fingerprint density at radius 1 is 1.06 bits per heavy atom. The molecule has 0 aliphatic carbocycles. The highest BCUT2D eigenvalue weighted by Crippen LogP contribution is 2.39. The second-order valence-electron chi connectivity index (χ2n) is 9.01. The first-order valence-electron chi connectivity index (χ1n) is 11.3. The molecule has 0 bridgehead atoms. The van der Waals surface area contributed by atoms with Gasteiger partial charge in [0, 0.05) is 31.1 Å². The number of sulfonamides is 1. The second kappa shape index (κ2) is 8.77. The molecule has 3 aliphatic rings. The lowest BCUT2D eigenvalue weighted by molar-refractivity contribution is -0.135. The predicted octanol–water partition coefficient (Wildman–Crippen LogP) is 3.10. The topological polar surface area (TPSA) is 86.8 Å². The summed E-state index contributed by atoms with van der Waals surface area (Å²) in [4.78, 5) is 28.4. The Hall–Kier alpha value is -2.36. The molecule has 5 rings (SSSR count). The minimum atomic E-state index is -3.71. The maximum Gasteiger partial charge on any atom is 0.247 e. The molecule has 3 heterocycles. The number of carbonyl (C=O) groups excluding carboxylic acids is 2. The van der Waals surface area contributed by atoms with Crippen LogP contribution in [-0.2, 0) is 32.6 Å². The van der Waals surface area contributed by atoms with Crippen LogP contribution in [0, 0.1) is 5.92 Å². The zero-order valence-corrected chi connectivity index (χ0v) is 20.1. The van der Waals surface area contributed by atoms with Crippen molar-refractivity contribution in [1.82, 2.24) is 9.21 Å². The van der Waals surface area contributed by atoms with Crippen LogP contribution in [0.4, 0.5) is 5.69 Å². The van der Waals surface area contributed by atoms with Crippen molar-refractivity contribution in [2.45, 2.75) is 47.8 Å². The highest BCUT2D eigenvalue weighted by atomic mass is 32.2. The van der Waals surface area contributed by atoms with Crippen LogP contribution >= 0.6 is 11.8 Å². The molecule has 7 nitrogen and oxygen atoms in total. The van der Waals surface area contributed by atoms with Crippen LogP contribution in [0.2, 0.25) is 0 Å². The minimum absolute atomic E-state index is 0.149. The average molecular weight is 486 g/mol. The number of fused-ring (bicyclic) bond motifs is 2. The van der Waals surface area contributed by atoms with E-state index < -0.39 is 21.2 Å². The Morgan fingerprint density at radius 2 is 1.79 bits per heavy atom. The molecule has 1 atom stereocenters. The number of likely N-dealkylation sites (tertiary alicyclic amines) is 1. The number of thioether (sulfide) groups is 1. The Kier molecular flexibility index (Phi) is 5.96. The molecule has 174 valence electrons. The summed E-state index contributed by atoms with van der Waals surface area (Å²) >= 11 is 1.20. The first kappa shape index (κ1) is 22.4. The lowest BCUT2D eigenvalue weighted by atomic mass is 9.99. The largest absolute Gasteiger partial charge is 0.341 e. The van der Waals surface area contributed by atoms with E-state index in [0.29, 0.717) is 49.1 Å². The molecule has 1 saturated heterocycles. The van der Waals surface area contributed by atoms with E-state index in [1.54, 1.807) is 17.0 Å². The van der Waals surface area contributed by atoms with E-state index in [1.165, 1.54) is 27.7 Å². The Balaban J connectivity index is 1.34. The molecule has 3 aliphatic heterocycles. The summed E-state index contributed by atoms with van der Waals surface area (Å²) in [7, 11) is -3.71. The maximum absolute atomic E-state index is 13.3. The van der Waals surface area contributed by atoms with Crippen LogP contribution < -0.4 is 5.32 Å². The van der Waals surface area contributed by atoms with Gasteiger partial charge in [-0.1, -0.05) is 31.2 Å². The number of benzene rings is 2. The summed E-state index contributed by atoms with van der Waals surface area (Å²) in [6.45, 7) is 4.28. The molecule has 0 saturated carbocycles. The fourth-order valence-electron chi connectivity index (χ4n) is 4.63. The summed E-state index contributed by atoms with van der Waals surface area (Å²) in [6, 6.07) is 12.7. The number of amides is 2. The van der Waals surface area contributed by atoms with E-state index in [0.717, 1.165) is 18.4 Å². The van der Waals surface area contributed by atoms with Crippen LogP contribution in [-0.4, -0.2) is 54.3 Å². The number of anilines is 1. The molecule has 1 N–H and O–H groups in total. The first-order valence-corrected chi connectivity index (χ1v) is 13.6. The van der Waals surface area contributed by atoms with Gasteiger partial charge in [-0.15, -0.1) is 11.8 Å². The van der Waals surface area contributed by atoms with Crippen molar-refractivity contribution >= 4 is 39.3 Å². The fourth-order valence-corrected chi connectivity index (χ4v) is 7.13. The van der Waals surface area contributed by atoms with Gasteiger partial charge in [0.1, 0.15) is 0 Å². The number of hydrogen-bond acceptors (Lipinski definition) is 5.